The zero-order valence-electron chi connectivity index (χ0n) is 9.93. The van der Waals surface area contributed by atoms with Crippen LogP contribution in [0.5, 0.6) is 5.75 Å². The number of ether oxygens (including phenoxy) is 1. The van der Waals surface area contributed by atoms with Crippen molar-refractivity contribution in [3.05, 3.63) is 29.8 Å². The van der Waals surface area contributed by atoms with Crippen molar-refractivity contribution in [1.29, 1.82) is 0 Å². The minimum absolute atomic E-state index is 0.258. The largest absolute Gasteiger partial charge is 0.496 e. The molecule has 1 atom stereocenters. The highest BCUT2D eigenvalue weighted by Gasteiger charge is 2.12. The summed E-state index contributed by atoms with van der Waals surface area (Å²) in [6, 6.07) is 8.25. The smallest absolute Gasteiger partial charge is 0.166 e. The second-order valence-electron chi connectivity index (χ2n) is 3.81. The third-order valence-corrected chi connectivity index (χ3v) is 3.00. The summed E-state index contributed by atoms with van der Waals surface area (Å²) in [5.41, 5.74) is 6.75. The molecular formula is C12H18N2OS. The summed E-state index contributed by atoms with van der Waals surface area (Å²) in [6.45, 7) is 2.09. The molecule has 88 valence electrons. The molecule has 1 rings (SSSR count). The van der Waals surface area contributed by atoms with Gasteiger partial charge in [0.15, 0.2) is 5.11 Å². The number of thiocarbonyl (C=S) groups is 1. The molecule has 1 aromatic rings. The van der Waals surface area contributed by atoms with Gasteiger partial charge in [-0.3, -0.25) is 0 Å². The topological polar surface area (TPSA) is 38.5 Å². The maximum absolute atomic E-state index is 5.59. The standard InChI is InChI=1S/C12H18N2OS/c1-9(14(2)12(13)16)8-10-6-4-5-7-11(10)15-3/h4-7,9H,8H2,1-3H3,(H2,13,16). The van der Waals surface area contributed by atoms with Crippen molar-refractivity contribution < 1.29 is 4.74 Å². The SMILES string of the molecule is COc1ccccc1CC(C)N(C)C(N)=S. The van der Waals surface area contributed by atoms with Crippen LogP contribution in [-0.2, 0) is 6.42 Å². The number of hydrogen-bond donors (Lipinski definition) is 1. The van der Waals surface area contributed by atoms with Gasteiger partial charge in [0.2, 0.25) is 0 Å². The monoisotopic (exact) mass is 238 g/mol. The van der Waals surface area contributed by atoms with Gasteiger partial charge in [0.1, 0.15) is 5.75 Å². The lowest BCUT2D eigenvalue weighted by Gasteiger charge is -2.25. The Balaban J connectivity index is 2.76. The van der Waals surface area contributed by atoms with Crippen molar-refractivity contribution in [2.45, 2.75) is 19.4 Å². The van der Waals surface area contributed by atoms with Crippen LogP contribution in [0.25, 0.3) is 0 Å². The van der Waals surface area contributed by atoms with Gasteiger partial charge in [-0.05, 0) is 37.2 Å². The summed E-state index contributed by atoms with van der Waals surface area (Å²) in [4.78, 5) is 1.89. The summed E-state index contributed by atoms with van der Waals surface area (Å²) in [7, 11) is 3.59. The number of methoxy groups -OCH3 is 1. The van der Waals surface area contributed by atoms with E-state index in [0.717, 1.165) is 12.2 Å². The van der Waals surface area contributed by atoms with Gasteiger partial charge in [-0.25, -0.2) is 0 Å². The van der Waals surface area contributed by atoms with E-state index in [9.17, 15) is 0 Å². The van der Waals surface area contributed by atoms with Gasteiger partial charge in [-0.2, -0.15) is 0 Å². The molecule has 0 radical (unpaired) electrons. The predicted molar refractivity (Wildman–Crippen MR) is 70.7 cm³/mol. The van der Waals surface area contributed by atoms with Crippen molar-refractivity contribution in [1.82, 2.24) is 4.90 Å². The minimum atomic E-state index is 0.258. The zero-order valence-corrected chi connectivity index (χ0v) is 10.8. The Kier molecular flexibility index (Phi) is 4.55. The van der Waals surface area contributed by atoms with Gasteiger partial charge in [0.05, 0.1) is 7.11 Å². The van der Waals surface area contributed by atoms with Crippen molar-refractivity contribution in [3.63, 3.8) is 0 Å². The summed E-state index contributed by atoms with van der Waals surface area (Å²) in [6.07, 6.45) is 0.859. The van der Waals surface area contributed by atoms with Gasteiger partial charge in [-0.1, -0.05) is 18.2 Å². The van der Waals surface area contributed by atoms with Crippen molar-refractivity contribution >= 4 is 17.3 Å². The van der Waals surface area contributed by atoms with Crippen LogP contribution < -0.4 is 10.5 Å². The Hall–Kier alpha value is -1.29. The molecule has 4 heteroatoms. The van der Waals surface area contributed by atoms with Gasteiger partial charge in [0, 0.05) is 13.1 Å². The van der Waals surface area contributed by atoms with E-state index in [0.29, 0.717) is 5.11 Å². The first-order valence-electron chi connectivity index (χ1n) is 5.20. The second kappa shape index (κ2) is 5.70. The van der Waals surface area contributed by atoms with Gasteiger partial charge in [0.25, 0.3) is 0 Å². The Morgan fingerprint density at radius 1 is 1.50 bits per heavy atom. The van der Waals surface area contributed by atoms with E-state index < -0.39 is 0 Å². The highest BCUT2D eigenvalue weighted by molar-refractivity contribution is 7.80. The van der Waals surface area contributed by atoms with Crippen LogP contribution >= 0.6 is 12.2 Å². The molecular weight excluding hydrogens is 220 g/mol. The van der Waals surface area contributed by atoms with E-state index in [-0.39, 0.29) is 6.04 Å². The molecule has 3 nitrogen and oxygen atoms in total. The first kappa shape index (κ1) is 12.8. The number of likely N-dealkylation sites (N-methyl/N-ethyl adjacent to an activating group) is 1. The first-order chi connectivity index (χ1) is 7.56. The molecule has 0 fully saturated rings. The molecule has 0 spiro atoms. The van der Waals surface area contributed by atoms with Crippen LogP contribution in [0.1, 0.15) is 12.5 Å². The molecule has 16 heavy (non-hydrogen) atoms. The zero-order chi connectivity index (χ0) is 12.1. The van der Waals surface area contributed by atoms with Crippen molar-refractivity contribution in [2.75, 3.05) is 14.2 Å². The third-order valence-electron chi connectivity index (χ3n) is 2.72. The maximum atomic E-state index is 5.59. The molecule has 2 N–H and O–H groups in total. The summed E-state index contributed by atoms with van der Waals surface area (Å²) >= 11 is 4.94. The van der Waals surface area contributed by atoms with Gasteiger partial charge < -0.3 is 15.4 Å². The molecule has 0 aliphatic rings. The molecule has 1 aromatic carbocycles. The Morgan fingerprint density at radius 2 is 2.12 bits per heavy atom. The lowest BCUT2D eigenvalue weighted by atomic mass is 10.1. The highest BCUT2D eigenvalue weighted by Crippen LogP contribution is 2.19. The van der Waals surface area contributed by atoms with Crippen LogP contribution in [-0.4, -0.2) is 30.2 Å². The van der Waals surface area contributed by atoms with Crippen molar-refractivity contribution in [2.24, 2.45) is 5.73 Å². The molecule has 0 bridgehead atoms. The quantitative estimate of drug-likeness (QED) is 0.812. The summed E-state index contributed by atoms with van der Waals surface area (Å²) in [5.74, 6) is 0.908. The Labute approximate surface area is 102 Å². The fourth-order valence-electron chi connectivity index (χ4n) is 1.54. The van der Waals surface area contributed by atoms with Crippen LogP contribution in [0.2, 0.25) is 0 Å². The summed E-state index contributed by atoms with van der Waals surface area (Å²) < 4.78 is 5.30. The average Bonchev–Trinajstić information content (AvgIpc) is 2.28. The molecule has 0 saturated carbocycles. The number of para-hydroxylation sites is 1. The molecule has 0 aliphatic carbocycles. The second-order valence-corrected chi connectivity index (χ2v) is 4.23. The van der Waals surface area contributed by atoms with Crippen LogP contribution in [0.4, 0.5) is 0 Å². The fraction of sp³-hybridized carbons (Fsp3) is 0.417. The third kappa shape index (κ3) is 3.10. The fourth-order valence-corrected chi connectivity index (χ4v) is 1.72. The molecule has 0 aromatic heterocycles. The maximum Gasteiger partial charge on any atom is 0.166 e. The lowest BCUT2D eigenvalue weighted by Crippen LogP contribution is -2.39. The number of rotatable bonds is 4. The lowest BCUT2D eigenvalue weighted by molar-refractivity contribution is 0.374. The van der Waals surface area contributed by atoms with Gasteiger partial charge in [-0.15, -0.1) is 0 Å². The molecule has 0 amide bonds. The van der Waals surface area contributed by atoms with Crippen molar-refractivity contribution in [3.8, 4) is 5.75 Å². The van der Waals surface area contributed by atoms with Crippen LogP contribution in [0.15, 0.2) is 24.3 Å². The minimum Gasteiger partial charge on any atom is -0.496 e. The van der Waals surface area contributed by atoms with E-state index in [1.807, 2.05) is 30.1 Å². The number of benzene rings is 1. The van der Waals surface area contributed by atoms with E-state index in [1.165, 1.54) is 5.56 Å². The van der Waals surface area contributed by atoms with E-state index >= 15 is 0 Å². The van der Waals surface area contributed by atoms with Gasteiger partial charge >= 0.3 is 0 Å². The number of nitrogens with zero attached hydrogens (tertiary/aromatic N) is 1. The van der Waals surface area contributed by atoms with E-state index in [2.05, 4.69) is 13.0 Å². The number of nitrogens with two attached hydrogens (primary N) is 1. The normalized spacial score (nSPS) is 11.9. The van der Waals surface area contributed by atoms with Crippen LogP contribution in [0, 0.1) is 0 Å². The Morgan fingerprint density at radius 3 is 2.69 bits per heavy atom. The predicted octanol–water partition coefficient (Wildman–Crippen LogP) is 1.80. The molecule has 1 unspecified atom stereocenters. The number of hydrogen-bond acceptors (Lipinski definition) is 2. The van der Waals surface area contributed by atoms with Crippen LogP contribution in [0.3, 0.4) is 0 Å². The molecule has 0 aliphatic heterocycles. The average molecular weight is 238 g/mol. The van der Waals surface area contributed by atoms with E-state index in [4.69, 9.17) is 22.7 Å². The van der Waals surface area contributed by atoms with E-state index in [1.54, 1.807) is 7.11 Å². The summed E-state index contributed by atoms with van der Waals surface area (Å²) in [5, 5.41) is 0.419. The molecule has 0 saturated heterocycles. The molecule has 0 heterocycles. The Bertz CT molecular complexity index is 368. The first-order valence-corrected chi connectivity index (χ1v) is 5.61. The highest BCUT2D eigenvalue weighted by atomic mass is 32.1.